The van der Waals surface area contributed by atoms with E-state index in [1.807, 2.05) is 12.1 Å². The molecule has 8 nitrogen and oxygen atoms in total. The van der Waals surface area contributed by atoms with E-state index in [1.54, 1.807) is 0 Å². The number of benzene rings is 4. The van der Waals surface area contributed by atoms with Crippen LogP contribution < -0.4 is 37.2 Å². The van der Waals surface area contributed by atoms with E-state index in [-0.39, 0.29) is 11.3 Å². The van der Waals surface area contributed by atoms with Crippen LogP contribution in [-0.4, -0.2) is 26.4 Å². The van der Waals surface area contributed by atoms with Gasteiger partial charge in [0, 0.05) is 66.6 Å². The second kappa shape index (κ2) is 20.5. The van der Waals surface area contributed by atoms with Gasteiger partial charge in [-0.1, -0.05) is 80.4 Å². The molecule has 0 unspecified atom stereocenters. The number of rotatable bonds is 3. The lowest BCUT2D eigenvalue weighted by molar-refractivity contribution is -0.697. The molecule has 67 heavy (non-hydrogen) atoms. The van der Waals surface area contributed by atoms with Gasteiger partial charge in [-0.3, -0.25) is 0 Å². The van der Waals surface area contributed by atoms with Gasteiger partial charge in [-0.15, -0.1) is 0 Å². The van der Waals surface area contributed by atoms with Gasteiger partial charge >= 0.3 is 0 Å². The van der Waals surface area contributed by atoms with Crippen LogP contribution in [0.4, 0.5) is 0 Å². The highest BCUT2D eigenvalue weighted by Crippen LogP contribution is 2.37. The minimum Gasteiger partial charge on any atom is -0.487 e. The maximum Gasteiger partial charge on any atom is 0.182 e. The molecule has 0 spiro atoms. The number of nitrogens with zero attached hydrogens (tertiary/aromatic N) is 4. The van der Waals surface area contributed by atoms with Gasteiger partial charge in [0.05, 0.1) is 0 Å². The van der Waals surface area contributed by atoms with E-state index in [4.69, 9.17) is 18.9 Å². The molecule has 8 heteroatoms. The van der Waals surface area contributed by atoms with Crippen LogP contribution in [0, 0.1) is 13.8 Å². The Morgan fingerprint density at radius 3 is 0.925 bits per heavy atom. The topological polar surface area (TPSA) is 52.4 Å². The van der Waals surface area contributed by atoms with Crippen molar-refractivity contribution >= 4 is 0 Å². The summed E-state index contributed by atoms with van der Waals surface area (Å²) in [6.45, 7) is 15.8. The molecule has 0 aliphatic carbocycles. The van der Waals surface area contributed by atoms with Crippen LogP contribution in [-0.2, 0) is 31.6 Å². The van der Waals surface area contributed by atoms with Crippen molar-refractivity contribution in [3.05, 3.63) is 216 Å². The Morgan fingerprint density at radius 2 is 0.642 bits per heavy atom. The third-order valence-electron chi connectivity index (χ3n) is 12.5. The Kier molecular flexibility index (Phi) is 13.7. The van der Waals surface area contributed by atoms with Crippen LogP contribution in [0.2, 0.25) is 0 Å². The molecule has 0 N–H and O–H groups in total. The fourth-order valence-corrected chi connectivity index (χ4v) is 8.46. The zero-order valence-electron chi connectivity index (χ0n) is 39.5. The first kappa shape index (κ1) is 44.9. The fourth-order valence-electron chi connectivity index (χ4n) is 8.46. The van der Waals surface area contributed by atoms with Gasteiger partial charge in [0.1, 0.15) is 49.4 Å². The van der Waals surface area contributed by atoms with E-state index in [1.165, 1.54) is 27.8 Å². The van der Waals surface area contributed by atoms with E-state index in [0.29, 0.717) is 39.5 Å². The average molecular weight is 891 g/mol. The summed E-state index contributed by atoms with van der Waals surface area (Å²) in [6.07, 6.45) is 17.0. The summed E-state index contributed by atoms with van der Waals surface area (Å²) in [5, 5.41) is 0. The van der Waals surface area contributed by atoms with E-state index < -0.39 is 0 Å². The Hall–Kier alpha value is -7.32. The Bertz CT molecular complexity index is 2690. The van der Waals surface area contributed by atoms with E-state index >= 15 is 0 Å². The van der Waals surface area contributed by atoms with Crippen molar-refractivity contribution in [1.29, 1.82) is 0 Å². The smallest absolute Gasteiger partial charge is 0.182 e. The summed E-state index contributed by atoms with van der Waals surface area (Å²) >= 11 is 0. The lowest BCUT2D eigenvalue weighted by Gasteiger charge is -2.21. The molecule has 12 bridgehead atoms. The molecule has 0 fully saturated rings. The monoisotopic (exact) mass is 890 g/mol. The Labute approximate surface area is 395 Å². The highest BCUT2D eigenvalue weighted by molar-refractivity contribution is 5.62. The first-order valence-electron chi connectivity index (χ1n) is 23.5. The molecule has 4 aromatic carbocycles. The number of hydrogen-bond donors (Lipinski definition) is 0. The molecule has 0 radical (unpaired) electrons. The normalized spacial score (nSPS) is 13.6. The molecule has 7 aliphatic heterocycles. The zero-order valence-corrected chi connectivity index (χ0v) is 39.5. The molecule has 11 heterocycles. The summed E-state index contributed by atoms with van der Waals surface area (Å²) in [6, 6.07) is 47.7. The number of pyridine rings is 4. The fraction of sp³-hybridized carbons (Fsp3) is 0.254. The summed E-state index contributed by atoms with van der Waals surface area (Å²) in [7, 11) is 0. The number of aromatic nitrogens is 4. The maximum absolute atomic E-state index is 6.58. The number of aryl methyl sites for hydroxylation is 2. The molecule has 0 saturated heterocycles. The highest BCUT2D eigenvalue weighted by atomic mass is 16.5. The van der Waals surface area contributed by atoms with Crippen molar-refractivity contribution in [2.24, 2.45) is 0 Å². The van der Waals surface area contributed by atoms with Gasteiger partial charge in [0.25, 0.3) is 0 Å². The first-order valence-corrected chi connectivity index (χ1v) is 23.5. The third kappa shape index (κ3) is 11.7. The van der Waals surface area contributed by atoms with Crippen LogP contribution in [0.25, 0.3) is 22.3 Å². The predicted octanol–water partition coefficient (Wildman–Crippen LogP) is 9.89. The summed E-state index contributed by atoms with van der Waals surface area (Å²) < 4.78 is 34.5. The molecular weight excluding hydrogens is 829 g/mol. The second-order valence-corrected chi connectivity index (χ2v) is 18.6. The maximum atomic E-state index is 6.58. The Morgan fingerprint density at radius 1 is 0.358 bits per heavy atom. The summed E-state index contributed by atoms with van der Waals surface area (Å²) in [4.78, 5) is 0. The molecule has 0 atom stereocenters. The van der Waals surface area contributed by atoms with Crippen LogP contribution in [0.5, 0.6) is 23.0 Å². The number of ether oxygens (including phenoxy) is 4. The van der Waals surface area contributed by atoms with Crippen LogP contribution in [0.3, 0.4) is 0 Å². The van der Waals surface area contributed by atoms with Crippen molar-refractivity contribution in [2.75, 3.05) is 26.4 Å². The predicted molar refractivity (Wildman–Crippen MR) is 261 cm³/mol. The van der Waals surface area contributed by atoms with E-state index in [2.05, 4.69) is 224 Å². The van der Waals surface area contributed by atoms with E-state index in [0.717, 1.165) is 63.9 Å². The average Bonchev–Trinajstić information content (AvgIpc) is 3.33. The summed E-state index contributed by atoms with van der Waals surface area (Å²) in [5.74, 6) is 3.20. The van der Waals surface area contributed by atoms with Gasteiger partial charge in [-0.25, -0.2) is 18.3 Å². The van der Waals surface area contributed by atoms with Crippen molar-refractivity contribution in [2.45, 2.75) is 72.1 Å². The van der Waals surface area contributed by atoms with Gasteiger partial charge in [0.15, 0.2) is 75.8 Å². The van der Waals surface area contributed by atoms with Gasteiger partial charge in [-0.2, -0.15) is 0 Å². The van der Waals surface area contributed by atoms with Gasteiger partial charge < -0.3 is 18.9 Å². The molecule has 7 aliphatic rings. The van der Waals surface area contributed by atoms with E-state index in [9.17, 15) is 0 Å². The largest absolute Gasteiger partial charge is 0.487 e. The second-order valence-electron chi connectivity index (χ2n) is 18.6. The molecule has 4 aromatic heterocycles. The SMILES string of the molecule is Cc1ccc(C(c2ccc(C)cc2)c2cc3cc(c2)OCC[n+]2ccc(cc2)-c2cc[n+](cc2)CCOc2cc(cc(C(C)(C)C)c2)OCC[n+]2ccc(cc2)-c2cc[n+](cc2)CCO3)cc1. The lowest BCUT2D eigenvalue weighted by atomic mass is 9.84. The number of hydrogen-bond acceptors (Lipinski definition) is 4. The molecular formula is C59H62N4O4+4. The molecule has 0 saturated carbocycles. The quantitative estimate of drug-likeness (QED) is 0.131. The first-order chi connectivity index (χ1) is 32.6. The van der Waals surface area contributed by atoms with Crippen molar-refractivity contribution in [3.63, 3.8) is 0 Å². The van der Waals surface area contributed by atoms with Crippen molar-refractivity contribution < 1.29 is 37.2 Å². The Balaban J connectivity index is 0.978. The molecule has 8 aromatic rings. The van der Waals surface area contributed by atoms with Gasteiger partial charge in [-0.05, 0) is 88.0 Å². The van der Waals surface area contributed by atoms with Crippen molar-refractivity contribution in [3.8, 4) is 45.3 Å². The van der Waals surface area contributed by atoms with Crippen LogP contribution in [0.15, 0.2) is 183 Å². The minimum atomic E-state index is -0.0539. The molecule has 0 amide bonds. The van der Waals surface area contributed by atoms with Gasteiger partial charge in [0.2, 0.25) is 0 Å². The van der Waals surface area contributed by atoms with Crippen LogP contribution in [0.1, 0.15) is 60.1 Å². The van der Waals surface area contributed by atoms with Crippen LogP contribution >= 0.6 is 0 Å². The third-order valence-corrected chi connectivity index (χ3v) is 12.5. The summed E-state index contributed by atoms with van der Waals surface area (Å²) in [5.41, 5.74) is 11.8. The molecule has 15 rings (SSSR count). The highest BCUT2D eigenvalue weighted by Gasteiger charge is 2.21. The standard InChI is InChI=1S/C59H62N4O4/c1-44-6-10-50(11-7-44)58(51-12-8-45(2)9-13-51)52-38-54-42-55(39-52)65-35-31-61-24-16-47(17-25-61)49-20-28-63(29-21-49)33-37-67-57-41-53(59(3,4)5)40-56(43-57)66-36-32-62-26-18-48(19-27-62)46-14-22-60(23-15-46)30-34-64-54/h6-29,38-43,58H,30-37H2,1-5H3/q+4. The van der Waals surface area contributed by atoms with Crippen molar-refractivity contribution in [1.82, 2.24) is 0 Å². The minimum absolute atomic E-state index is 0.00212. The zero-order chi connectivity index (χ0) is 46.2. The molecule has 338 valence electrons. The lowest BCUT2D eigenvalue weighted by Crippen LogP contribution is -2.36.